The second-order valence-corrected chi connectivity index (χ2v) is 6.95. The highest BCUT2D eigenvalue weighted by molar-refractivity contribution is 5.95. The van der Waals surface area contributed by atoms with Gasteiger partial charge in [0.05, 0.1) is 12.7 Å². The zero-order valence-electron chi connectivity index (χ0n) is 16.8. The third kappa shape index (κ3) is 4.85. The monoisotopic (exact) mass is 392 g/mol. The number of methoxy groups -OCH3 is 1. The molecular weight excluding hydrogens is 368 g/mol. The highest BCUT2D eigenvalue weighted by atomic mass is 16.5. The maximum atomic E-state index is 12.5. The Labute approximate surface area is 169 Å². The van der Waals surface area contributed by atoms with Gasteiger partial charge in [0, 0.05) is 13.6 Å². The molecule has 6 heteroatoms. The van der Waals surface area contributed by atoms with Gasteiger partial charge in [-0.2, -0.15) is 0 Å². The van der Waals surface area contributed by atoms with Gasteiger partial charge in [0.2, 0.25) is 0 Å². The topological polar surface area (TPSA) is 81.9 Å². The standard InChI is InChI=1S/C23H24N2O4/c1-15-4-9-20(23(24)27)21(10-15)29-14-22(26)25(2)13-16-5-6-18-12-19(28-3)8-7-17(18)11-16/h4-12H,13-14H2,1-3H3,(H2,24,27). The molecule has 0 radical (unpaired) electrons. The van der Waals surface area contributed by atoms with E-state index < -0.39 is 5.91 Å². The molecule has 3 rings (SSSR count). The maximum absolute atomic E-state index is 12.5. The molecule has 3 aromatic rings. The molecule has 0 spiro atoms. The fourth-order valence-electron chi connectivity index (χ4n) is 3.06. The Hall–Kier alpha value is -3.54. The molecule has 0 unspecified atom stereocenters. The molecule has 0 aliphatic heterocycles. The van der Waals surface area contributed by atoms with Crippen molar-refractivity contribution in [3.8, 4) is 11.5 Å². The van der Waals surface area contributed by atoms with Gasteiger partial charge >= 0.3 is 0 Å². The molecule has 0 aromatic heterocycles. The van der Waals surface area contributed by atoms with Crippen molar-refractivity contribution < 1.29 is 19.1 Å². The summed E-state index contributed by atoms with van der Waals surface area (Å²) in [5, 5.41) is 2.15. The zero-order valence-corrected chi connectivity index (χ0v) is 16.8. The largest absolute Gasteiger partial charge is 0.497 e. The molecule has 3 aromatic carbocycles. The minimum atomic E-state index is -0.589. The highest BCUT2D eigenvalue weighted by Crippen LogP contribution is 2.23. The number of hydrogen-bond acceptors (Lipinski definition) is 4. The van der Waals surface area contributed by atoms with Crippen molar-refractivity contribution in [2.75, 3.05) is 20.8 Å². The Morgan fingerprint density at radius 3 is 2.45 bits per heavy atom. The van der Waals surface area contributed by atoms with Crippen LogP contribution < -0.4 is 15.2 Å². The van der Waals surface area contributed by atoms with E-state index in [1.807, 2.05) is 43.3 Å². The third-order valence-electron chi connectivity index (χ3n) is 4.71. The van der Waals surface area contributed by atoms with Gasteiger partial charge in [-0.25, -0.2) is 0 Å². The van der Waals surface area contributed by atoms with Crippen LogP contribution in [0.15, 0.2) is 54.6 Å². The number of hydrogen-bond donors (Lipinski definition) is 1. The minimum Gasteiger partial charge on any atom is -0.497 e. The Morgan fingerprint density at radius 2 is 1.72 bits per heavy atom. The molecule has 0 aliphatic carbocycles. The van der Waals surface area contributed by atoms with Crippen molar-refractivity contribution in [2.45, 2.75) is 13.5 Å². The van der Waals surface area contributed by atoms with E-state index in [0.29, 0.717) is 12.3 Å². The summed E-state index contributed by atoms with van der Waals surface area (Å²) in [6, 6.07) is 17.0. The number of carbonyl (C=O) groups excluding carboxylic acids is 2. The van der Waals surface area contributed by atoms with Crippen molar-refractivity contribution in [2.24, 2.45) is 5.73 Å². The fourth-order valence-corrected chi connectivity index (χ4v) is 3.06. The molecule has 2 N–H and O–H groups in total. The van der Waals surface area contributed by atoms with E-state index in [9.17, 15) is 9.59 Å². The van der Waals surface area contributed by atoms with Crippen molar-refractivity contribution in [3.63, 3.8) is 0 Å². The maximum Gasteiger partial charge on any atom is 0.260 e. The second kappa shape index (κ2) is 8.65. The average molecular weight is 392 g/mol. The van der Waals surface area contributed by atoms with E-state index in [1.165, 1.54) is 0 Å². The summed E-state index contributed by atoms with van der Waals surface area (Å²) >= 11 is 0. The molecule has 0 aliphatic rings. The predicted molar refractivity (Wildman–Crippen MR) is 112 cm³/mol. The van der Waals surface area contributed by atoms with Crippen LogP contribution in [0.25, 0.3) is 10.8 Å². The van der Waals surface area contributed by atoms with Gasteiger partial charge in [-0.05, 0) is 59.2 Å². The quantitative estimate of drug-likeness (QED) is 0.669. The predicted octanol–water partition coefficient (Wildman–Crippen LogP) is 3.29. The van der Waals surface area contributed by atoms with Crippen molar-refractivity contribution in [1.29, 1.82) is 0 Å². The summed E-state index contributed by atoms with van der Waals surface area (Å²) in [6.07, 6.45) is 0. The second-order valence-electron chi connectivity index (χ2n) is 6.95. The van der Waals surface area contributed by atoms with Crippen LogP contribution in [0.4, 0.5) is 0 Å². The minimum absolute atomic E-state index is 0.176. The molecule has 0 bridgehead atoms. The van der Waals surface area contributed by atoms with Crippen molar-refractivity contribution >= 4 is 22.6 Å². The van der Waals surface area contributed by atoms with Crippen LogP contribution in [0, 0.1) is 6.92 Å². The van der Waals surface area contributed by atoms with Crippen LogP contribution in [0.5, 0.6) is 11.5 Å². The SMILES string of the molecule is COc1ccc2cc(CN(C)C(=O)COc3cc(C)ccc3C(N)=O)ccc2c1. The van der Waals surface area contributed by atoms with Gasteiger partial charge in [-0.15, -0.1) is 0 Å². The molecule has 0 fully saturated rings. The van der Waals surface area contributed by atoms with E-state index in [2.05, 4.69) is 0 Å². The molecule has 0 saturated heterocycles. The van der Waals surface area contributed by atoms with Crippen LogP contribution in [0.1, 0.15) is 21.5 Å². The molecule has 150 valence electrons. The molecule has 6 nitrogen and oxygen atoms in total. The summed E-state index contributed by atoms with van der Waals surface area (Å²) in [5.74, 6) is 0.338. The number of rotatable bonds is 7. The number of benzene rings is 3. The number of amides is 2. The van der Waals surface area contributed by atoms with Gasteiger partial charge in [0.1, 0.15) is 11.5 Å². The van der Waals surface area contributed by atoms with Crippen LogP contribution in [0.2, 0.25) is 0 Å². The molecule has 2 amide bonds. The van der Waals surface area contributed by atoms with Crippen LogP contribution in [0.3, 0.4) is 0 Å². The van der Waals surface area contributed by atoms with Crippen LogP contribution >= 0.6 is 0 Å². The first-order valence-corrected chi connectivity index (χ1v) is 9.21. The molecular formula is C23H24N2O4. The molecule has 0 atom stereocenters. The third-order valence-corrected chi connectivity index (χ3v) is 4.71. The van der Waals surface area contributed by atoms with Gasteiger partial charge in [0.25, 0.3) is 11.8 Å². The van der Waals surface area contributed by atoms with Gasteiger partial charge in [-0.1, -0.05) is 24.3 Å². The zero-order chi connectivity index (χ0) is 21.0. The van der Waals surface area contributed by atoms with Crippen molar-refractivity contribution in [1.82, 2.24) is 4.90 Å². The highest BCUT2D eigenvalue weighted by Gasteiger charge is 2.14. The Balaban J connectivity index is 1.66. The van der Waals surface area contributed by atoms with Gasteiger partial charge in [0.15, 0.2) is 6.61 Å². The number of ether oxygens (including phenoxy) is 2. The lowest BCUT2D eigenvalue weighted by Crippen LogP contribution is -2.31. The fraction of sp³-hybridized carbons (Fsp3) is 0.217. The van der Waals surface area contributed by atoms with Crippen molar-refractivity contribution in [3.05, 3.63) is 71.3 Å². The van der Waals surface area contributed by atoms with E-state index >= 15 is 0 Å². The van der Waals surface area contributed by atoms with Gasteiger partial charge < -0.3 is 20.1 Å². The lowest BCUT2D eigenvalue weighted by molar-refractivity contribution is -0.132. The molecule has 0 heterocycles. The Bertz CT molecular complexity index is 1060. The van der Waals surface area contributed by atoms with E-state index in [0.717, 1.165) is 27.6 Å². The number of nitrogens with two attached hydrogens (primary N) is 1. The Morgan fingerprint density at radius 1 is 1.00 bits per heavy atom. The molecule has 29 heavy (non-hydrogen) atoms. The summed E-state index contributed by atoms with van der Waals surface area (Å²) in [7, 11) is 3.36. The summed E-state index contributed by atoms with van der Waals surface area (Å²) in [5.41, 5.74) is 7.56. The summed E-state index contributed by atoms with van der Waals surface area (Å²) in [6.45, 7) is 2.15. The summed E-state index contributed by atoms with van der Waals surface area (Å²) < 4.78 is 10.8. The normalized spacial score (nSPS) is 10.6. The number of primary amides is 1. The van der Waals surface area contributed by atoms with Crippen LogP contribution in [-0.2, 0) is 11.3 Å². The first-order chi connectivity index (χ1) is 13.9. The van der Waals surface area contributed by atoms with Crippen LogP contribution in [-0.4, -0.2) is 37.5 Å². The average Bonchev–Trinajstić information content (AvgIpc) is 2.71. The lowest BCUT2D eigenvalue weighted by Gasteiger charge is -2.18. The smallest absolute Gasteiger partial charge is 0.260 e. The van der Waals surface area contributed by atoms with E-state index in [1.54, 1.807) is 37.3 Å². The number of aryl methyl sites for hydroxylation is 1. The van der Waals surface area contributed by atoms with E-state index in [4.69, 9.17) is 15.2 Å². The molecule has 0 saturated carbocycles. The van der Waals surface area contributed by atoms with Gasteiger partial charge in [-0.3, -0.25) is 9.59 Å². The first kappa shape index (κ1) is 20.2. The Kier molecular flexibility index (Phi) is 6.02. The lowest BCUT2D eigenvalue weighted by atomic mass is 10.1. The number of likely N-dealkylation sites (N-methyl/N-ethyl adjacent to an activating group) is 1. The van der Waals surface area contributed by atoms with E-state index in [-0.39, 0.29) is 18.1 Å². The first-order valence-electron chi connectivity index (χ1n) is 9.21. The number of carbonyl (C=O) groups is 2. The summed E-state index contributed by atoms with van der Waals surface area (Å²) in [4.78, 5) is 25.6. The number of nitrogens with zero attached hydrogens (tertiary/aromatic N) is 1. The number of fused-ring (bicyclic) bond motifs is 1.